The molecule has 2 N–H and O–H groups in total. The number of amides is 1. The lowest BCUT2D eigenvalue weighted by atomic mass is 10.3. The first-order valence-electron chi connectivity index (χ1n) is 7.59. The van der Waals surface area contributed by atoms with Gasteiger partial charge >= 0.3 is 0 Å². The first-order chi connectivity index (χ1) is 11.3. The molecule has 1 amide bonds. The molecule has 8 nitrogen and oxygen atoms in total. The van der Waals surface area contributed by atoms with Crippen molar-refractivity contribution < 1.29 is 4.79 Å². The second kappa shape index (κ2) is 7.07. The molecule has 0 saturated carbocycles. The van der Waals surface area contributed by atoms with Crippen molar-refractivity contribution in [1.82, 2.24) is 30.4 Å². The molecule has 0 bridgehead atoms. The van der Waals surface area contributed by atoms with E-state index >= 15 is 0 Å². The number of rotatable bonds is 4. The quantitative estimate of drug-likeness (QED) is 0.748. The van der Waals surface area contributed by atoms with Gasteiger partial charge < -0.3 is 10.2 Å². The third-order valence-corrected chi connectivity index (χ3v) is 3.87. The molecule has 0 spiro atoms. The number of carbonyl (C=O) groups excluding carboxylic acids is 1. The second-order valence-corrected chi connectivity index (χ2v) is 5.43. The highest BCUT2D eigenvalue weighted by Gasteiger charge is 2.19. The summed E-state index contributed by atoms with van der Waals surface area (Å²) in [5.74, 6) is 3.27. The van der Waals surface area contributed by atoms with E-state index < -0.39 is 0 Å². The number of H-pyrrole nitrogens is 1. The molecule has 0 aliphatic carbocycles. The fraction of sp³-hybridized carbons (Fsp3) is 0.467. The number of terminal acetylenes is 1. The highest BCUT2D eigenvalue weighted by molar-refractivity contribution is 5.86. The van der Waals surface area contributed by atoms with Crippen LogP contribution in [-0.4, -0.2) is 70.2 Å². The van der Waals surface area contributed by atoms with Crippen LogP contribution >= 0.6 is 0 Å². The van der Waals surface area contributed by atoms with E-state index in [1.807, 2.05) is 0 Å². The lowest BCUT2D eigenvalue weighted by molar-refractivity contribution is -0.121. The molecule has 0 aromatic carbocycles. The molecule has 0 atom stereocenters. The molecule has 1 aliphatic rings. The van der Waals surface area contributed by atoms with E-state index in [0.29, 0.717) is 6.54 Å². The first-order valence-corrected chi connectivity index (χ1v) is 7.59. The van der Waals surface area contributed by atoms with Crippen molar-refractivity contribution in [2.24, 2.45) is 0 Å². The average Bonchev–Trinajstić information content (AvgIpc) is 2.93. The van der Waals surface area contributed by atoms with Gasteiger partial charge in [-0.2, -0.15) is 5.10 Å². The molecule has 3 rings (SSSR count). The number of hydrogen-bond acceptors (Lipinski definition) is 6. The van der Waals surface area contributed by atoms with E-state index in [-0.39, 0.29) is 12.5 Å². The van der Waals surface area contributed by atoms with E-state index in [0.717, 1.165) is 49.5 Å². The van der Waals surface area contributed by atoms with Gasteiger partial charge in [0, 0.05) is 26.2 Å². The number of carbonyl (C=O) groups is 1. The molecule has 3 heterocycles. The van der Waals surface area contributed by atoms with Crippen molar-refractivity contribution in [2.45, 2.75) is 6.42 Å². The van der Waals surface area contributed by atoms with Gasteiger partial charge in [0.1, 0.15) is 12.1 Å². The van der Waals surface area contributed by atoms with Gasteiger partial charge in [0.25, 0.3) is 0 Å². The molecule has 0 unspecified atom stereocenters. The minimum Gasteiger partial charge on any atom is -0.355 e. The summed E-state index contributed by atoms with van der Waals surface area (Å²) in [6.07, 6.45) is 9.41. The van der Waals surface area contributed by atoms with Gasteiger partial charge in [-0.1, -0.05) is 5.92 Å². The number of nitrogens with one attached hydrogen (secondary N) is 2. The Hall–Kier alpha value is -2.66. The maximum atomic E-state index is 11.8. The monoisotopic (exact) mass is 313 g/mol. The van der Waals surface area contributed by atoms with E-state index in [1.165, 1.54) is 0 Å². The van der Waals surface area contributed by atoms with Crippen LogP contribution in [0.4, 0.5) is 5.82 Å². The fourth-order valence-electron chi connectivity index (χ4n) is 2.75. The molecule has 23 heavy (non-hydrogen) atoms. The number of nitrogens with zero attached hydrogens (tertiary/aromatic N) is 5. The second-order valence-electron chi connectivity index (χ2n) is 5.43. The molecule has 1 saturated heterocycles. The van der Waals surface area contributed by atoms with Gasteiger partial charge in [-0.3, -0.25) is 14.8 Å². The lowest BCUT2D eigenvalue weighted by Crippen LogP contribution is -2.39. The molecule has 2 aromatic rings. The fourth-order valence-corrected chi connectivity index (χ4v) is 2.75. The van der Waals surface area contributed by atoms with Crippen molar-refractivity contribution in [2.75, 3.05) is 44.2 Å². The number of fused-ring (bicyclic) bond motifs is 1. The van der Waals surface area contributed by atoms with E-state index in [1.54, 1.807) is 12.5 Å². The van der Waals surface area contributed by atoms with Gasteiger partial charge in [-0.05, 0) is 6.42 Å². The minimum atomic E-state index is -0.0318. The standard InChI is InChI=1S/C15H19N7O/c1-2-4-16-13(23)10-21-5-3-6-22(8-7-21)15-12-9-19-20-14(12)17-11-18-15/h1,9,11H,3-8,10H2,(H,16,23)(H,17,18,19,20). The van der Waals surface area contributed by atoms with Crippen LogP contribution in [0.25, 0.3) is 11.0 Å². The summed E-state index contributed by atoms with van der Waals surface area (Å²) < 4.78 is 0. The largest absolute Gasteiger partial charge is 0.355 e. The van der Waals surface area contributed by atoms with Crippen LogP contribution in [0.15, 0.2) is 12.5 Å². The number of anilines is 1. The number of aromatic amines is 1. The summed E-state index contributed by atoms with van der Waals surface area (Å²) >= 11 is 0. The average molecular weight is 313 g/mol. The Balaban J connectivity index is 1.64. The molecule has 0 radical (unpaired) electrons. The SMILES string of the molecule is C#CCNC(=O)CN1CCCN(c2ncnc3[nH]ncc23)CC1. The highest BCUT2D eigenvalue weighted by Crippen LogP contribution is 2.21. The summed E-state index contributed by atoms with van der Waals surface area (Å²) in [5, 5.41) is 10.5. The number of hydrogen-bond donors (Lipinski definition) is 2. The van der Waals surface area contributed by atoms with Crippen LogP contribution in [0.3, 0.4) is 0 Å². The predicted molar refractivity (Wildman–Crippen MR) is 86.8 cm³/mol. The zero-order chi connectivity index (χ0) is 16.1. The highest BCUT2D eigenvalue weighted by atomic mass is 16.2. The van der Waals surface area contributed by atoms with Crippen molar-refractivity contribution in [3.05, 3.63) is 12.5 Å². The molecule has 120 valence electrons. The Labute approximate surface area is 134 Å². The van der Waals surface area contributed by atoms with Gasteiger partial charge in [-0.15, -0.1) is 6.42 Å². The third-order valence-electron chi connectivity index (χ3n) is 3.87. The normalized spacial score (nSPS) is 16.0. The maximum Gasteiger partial charge on any atom is 0.234 e. The summed E-state index contributed by atoms with van der Waals surface area (Å²) in [7, 11) is 0. The van der Waals surface area contributed by atoms with Crippen molar-refractivity contribution >= 4 is 22.8 Å². The molecular weight excluding hydrogens is 294 g/mol. The molecular formula is C15H19N7O. The zero-order valence-corrected chi connectivity index (χ0v) is 12.8. The van der Waals surface area contributed by atoms with Crippen molar-refractivity contribution in [3.8, 4) is 12.3 Å². The van der Waals surface area contributed by atoms with Gasteiger partial charge in [0.2, 0.25) is 5.91 Å². The summed E-state index contributed by atoms with van der Waals surface area (Å²) in [4.78, 5) is 24.7. The van der Waals surface area contributed by atoms with E-state index in [9.17, 15) is 4.79 Å². The molecule has 2 aromatic heterocycles. The zero-order valence-electron chi connectivity index (χ0n) is 12.8. The number of aromatic nitrogens is 4. The van der Waals surface area contributed by atoms with Gasteiger partial charge in [0.15, 0.2) is 5.65 Å². The molecule has 1 fully saturated rings. The van der Waals surface area contributed by atoms with Crippen LogP contribution in [-0.2, 0) is 4.79 Å². The summed E-state index contributed by atoms with van der Waals surface area (Å²) in [5.41, 5.74) is 0.741. The van der Waals surface area contributed by atoms with Crippen LogP contribution in [0.2, 0.25) is 0 Å². The van der Waals surface area contributed by atoms with E-state index in [4.69, 9.17) is 6.42 Å². The first kappa shape index (κ1) is 15.2. The Bertz CT molecular complexity index is 720. The van der Waals surface area contributed by atoms with Crippen LogP contribution in [0.1, 0.15) is 6.42 Å². The summed E-state index contributed by atoms with van der Waals surface area (Å²) in [6.45, 7) is 4.02. The lowest BCUT2D eigenvalue weighted by Gasteiger charge is -2.22. The smallest absolute Gasteiger partial charge is 0.234 e. The Kier molecular flexibility index (Phi) is 4.68. The topological polar surface area (TPSA) is 90.0 Å². The summed E-state index contributed by atoms with van der Waals surface area (Å²) in [6, 6.07) is 0. The Morgan fingerprint density at radius 3 is 3.13 bits per heavy atom. The van der Waals surface area contributed by atoms with Crippen molar-refractivity contribution in [1.29, 1.82) is 0 Å². The Morgan fingerprint density at radius 1 is 1.35 bits per heavy atom. The Morgan fingerprint density at radius 2 is 2.26 bits per heavy atom. The van der Waals surface area contributed by atoms with E-state index in [2.05, 4.69) is 41.2 Å². The minimum absolute atomic E-state index is 0.0318. The predicted octanol–water partition coefficient (Wildman–Crippen LogP) is -0.386. The maximum absolute atomic E-state index is 11.8. The molecule has 1 aliphatic heterocycles. The van der Waals surface area contributed by atoms with Crippen LogP contribution in [0.5, 0.6) is 0 Å². The van der Waals surface area contributed by atoms with Crippen LogP contribution in [0, 0.1) is 12.3 Å². The third kappa shape index (κ3) is 3.57. The van der Waals surface area contributed by atoms with Crippen LogP contribution < -0.4 is 10.2 Å². The van der Waals surface area contributed by atoms with Gasteiger partial charge in [-0.25, -0.2) is 9.97 Å². The van der Waals surface area contributed by atoms with Gasteiger partial charge in [0.05, 0.1) is 24.7 Å². The molecule has 8 heteroatoms. The van der Waals surface area contributed by atoms with Crippen molar-refractivity contribution in [3.63, 3.8) is 0 Å².